The summed E-state index contributed by atoms with van der Waals surface area (Å²) < 4.78 is 0. The van der Waals surface area contributed by atoms with E-state index in [0.29, 0.717) is 6.54 Å². The summed E-state index contributed by atoms with van der Waals surface area (Å²) in [5.41, 5.74) is 2.39. The lowest BCUT2D eigenvalue weighted by atomic mass is 10.2. The van der Waals surface area contributed by atoms with Gasteiger partial charge in [0, 0.05) is 11.8 Å². The van der Waals surface area contributed by atoms with Crippen molar-refractivity contribution < 1.29 is 4.79 Å². The highest BCUT2D eigenvalue weighted by Gasteiger charge is 2.15. The Morgan fingerprint density at radius 3 is 2.39 bits per heavy atom. The van der Waals surface area contributed by atoms with Gasteiger partial charge in [-0.2, -0.15) is 0 Å². The number of nitrogens with zero attached hydrogens (tertiary/aromatic N) is 1. The number of benzene rings is 1. The molecule has 2 aromatic rings. The molecule has 0 aliphatic carbocycles. The Balaban J connectivity index is 2.27. The minimum atomic E-state index is 0.0834. The molecule has 0 unspecified atom stereocenters. The Morgan fingerprint density at radius 1 is 1.22 bits per heavy atom. The largest absolute Gasteiger partial charge is 0.300 e. The van der Waals surface area contributed by atoms with Crippen molar-refractivity contribution in [2.24, 2.45) is 0 Å². The van der Waals surface area contributed by atoms with Crippen molar-refractivity contribution in [3.05, 3.63) is 52.4 Å². The molecule has 0 bridgehead atoms. The van der Waals surface area contributed by atoms with Gasteiger partial charge < -0.3 is 0 Å². The molecule has 3 heteroatoms. The maximum absolute atomic E-state index is 11.8. The number of rotatable bonds is 3. The molecular formula is C15H17NOS. The summed E-state index contributed by atoms with van der Waals surface area (Å²) in [4.78, 5) is 14.9. The fraction of sp³-hybridized carbons (Fsp3) is 0.267. The maximum Gasteiger partial charge on any atom is 0.224 e. The van der Waals surface area contributed by atoms with E-state index >= 15 is 0 Å². The predicted molar refractivity (Wildman–Crippen MR) is 77.1 cm³/mol. The van der Waals surface area contributed by atoms with Crippen molar-refractivity contribution in [2.75, 3.05) is 4.90 Å². The molecule has 94 valence electrons. The molecule has 0 N–H and O–H groups in total. The monoisotopic (exact) mass is 259 g/mol. The number of hydrogen-bond donors (Lipinski definition) is 0. The summed E-state index contributed by atoms with van der Waals surface area (Å²) in [5, 5.41) is 1.03. The van der Waals surface area contributed by atoms with E-state index in [2.05, 4.69) is 19.9 Å². The van der Waals surface area contributed by atoms with Crippen LogP contribution in [0.3, 0.4) is 0 Å². The van der Waals surface area contributed by atoms with Gasteiger partial charge in [0.25, 0.3) is 0 Å². The SMILES string of the molecule is CC(=O)N(Cc1ccccc1)c1cc(C)c(C)s1. The zero-order chi connectivity index (χ0) is 13.1. The average molecular weight is 259 g/mol. The number of carbonyl (C=O) groups excluding carboxylic acids is 1. The summed E-state index contributed by atoms with van der Waals surface area (Å²) in [5.74, 6) is 0.0834. The van der Waals surface area contributed by atoms with Crippen LogP contribution in [0, 0.1) is 13.8 Å². The van der Waals surface area contributed by atoms with Crippen LogP contribution in [-0.2, 0) is 11.3 Å². The number of thiophene rings is 1. The fourth-order valence-corrected chi connectivity index (χ4v) is 2.87. The van der Waals surface area contributed by atoms with Crippen molar-refractivity contribution in [1.82, 2.24) is 0 Å². The molecule has 0 atom stereocenters. The van der Waals surface area contributed by atoms with Crippen molar-refractivity contribution in [3.8, 4) is 0 Å². The first-order valence-corrected chi connectivity index (χ1v) is 6.78. The Kier molecular flexibility index (Phi) is 3.82. The third kappa shape index (κ3) is 2.79. The standard InChI is InChI=1S/C15H17NOS/c1-11-9-15(18-12(11)2)16(13(3)17)10-14-7-5-4-6-8-14/h4-9H,10H2,1-3H3. The lowest BCUT2D eigenvalue weighted by molar-refractivity contribution is -0.116. The number of hydrogen-bond acceptors (Lipinski definition) is 2. The van der Waals surface area contributed by atoms with Gasteiger partial charge in [-0.05, 0) is 31.0 Å². The molecular weight excluding hydrogens is 242 g/mol. The van der Waals surface area contributed by atoms with E-state index in [4.69, 9.17) is 0 Å². The Morgan fingerprint density at radius 2 is 1.89 bits per heavy atom. The highest BCUT2D eigenvalue weighted by Crippen LogP contribution is 2.30. The van der Waals surface area contributed by atoms with Crippen LogP contribution < -0.4 is 4.90 Å². The average Bonchev–Trinajstić information content (AvgIpc) is 2.67. The summed E-state index contributed by atoms with van der Waals surface area (Å²) in [6, 6.07) is 12.2. The van der Waals surface area contributed by atoms with Crippen LogP contribution >= 0.6 is 11.3 Å². The van der Waals surface area contributed by atoms with E-state index in [1.54, 1.807) is 18.3 Å². The first kappa shape index (κ1) is 12.8. The van der Waals surface area contributed by atoms with Crippen molar-refractivity contribution >= 4 is 22.2 Å². The van der Waals surface area contributed by atoms with E-state index in [9.17, 15) is 4.79 Å². The summed E-state index contributed by atoms with van der Waals surface area (Å²) >= 11 is 1.68. The van der Waals surface area contributed by atoms with E-state index in [0.717, 1.165) is 10.6 Å². The molecule has 0 aliphatic heterocycles. The molecule has 2 nitrogen and oxygen atoms in total. The van der Waals surface area contributed by atoms with E-state index in [1.807, 2.05) is 35.2 Å². The van der Waals surface area contributed by atoms with Crippen molar-refractivity contribution in [2.45, 2.75) is 27.3 Å². The number of amides is 1. The third-order valence-electron chi connectivity index (χ3n) is 2.98. The molecule has 18 heavy (non-hydrogen) atoms. The minimum Gasteiger partial charge on any atom is -0.300 e. The molecule has 1 amide bonds. The van der Waals surface area contributed by atoms with Crippen LogP contribution in [0.15, 0.2) is 36.4 Å². The Labute approximate surface area is 112 Å². The maximum atomic E-state index is 11.8. The zero-order valence-electron chi connectivity index (χ0n) is 10.9. The van der Waals surface area contributed by atoms with Gasteiger partial charge >= 0.3 is 0 Å². The van der Waals surface area contributed by atoms with Gasteiger partial charge in [0.05, 0.1) is 11.5 Å². The highest BCUT2D eigenvalue weighted by molar-refractivity contribution is 7.16. The van der Waals surface area contributed by atoms with Crippen LogP contribution in [0.5, 0.6) is 0 Å². The van der Waals surface area contributed by atoms with Crippen LogP contribution in [0.25, 0.3) is 0 Å². The van der Waals surface area contributed by atoms with Crippen LogP contribution in [0.4, 0.5) is 5.00 Å². The molecule has 1 aromatic carbocycles. The van der Waals surface area contributed by atoms with Gasteiger partial charge in [-0.25, -0.2) is 0 Å². The topological polar surface area (TPSA) is 20.3 Å². The molecule has 0 fully saturated rings. The fourth-order valence-electron chi connectivity index (χ4n) is 1.80. The van der Waals surface area contributed by atoms with Crippen molar-refractivity contribution in [1.29, 1.82) is 0 Å². The van der Waals surface area contributed by atoms with Crippen LogP contribution in [-0.4, -0.2) is 5.91 Å². The molecule has 0 aliphatic rings. The van der Waals surface area contributed by atoms with Gasteiger partial charge in [-0.15, -0.1) is 11.3 Å². The molecule has 0 radical (unpaired) electrons. The highest BCUT2D eigenvalue weighted by atomic mass is 32.1. The molecule has 0 spiro atoms. The minimum absolute atomic E-state index is 0.0834. The predicted octanol–water partition coefficient (Wildman–Crippen LogP) is 3.92. The number of aryl methyl sites for hydroxylation is 2. The van der Waals surface area contributed by atoms with Gasteiger partial charge in [-0.1, -0.05) is 30.3 Å². The third-order valence-corrected chi connectivity index (χ3v) is 4.16. The summed E-state index contributed by atoms with van der Waals surface area (Å²) in [6.45, 7) is 6.42. The summed E-state index contributed by atoms with van der Waals surface area (Å²) in [6.07, 6.45) is 0. The molecule has 0 saturated heterocycles. The number of carbonyl (C=O) groups is 1. The normalized spacial score (nSPS) is 10.4. The quantitative estimate of drug-likeness (QED) is 0.818. The van der Waals surface area contributed by atoms with Crippen molar-refractivity contribution in [3.63, 3.8) is 0 Å². The lowest BCUT2D eigenvalue weighted by Crippen LogP contribution is -2.26. The smallest absolute Gasteiger partial charge is 0.224 e. The molecule has 2 rings (SSSR count). The Hall–Kier alpha value is -1.61. The first-order valence-electron chi connectivity index (χ1n) is 5.97. The Bertz CT molecular complexity index is 525. The van der Waals surface area contributed by atoms with Gasteiger partial charge in [0.1, 0.15) is 0 Å². The van der Waals surface area contributed by atoms with Gasteiger partial charge in [-0.3, -0.25) is 9.69 Å². The summed E-state index contributed by atoms with van der Waals surface area (Å²) in [7, 11) is 0. The lowest BCUT2D eigenvalue weighted by Gasteiger charge is -2.19. The van der Waals surface area contributed by atoms with Gasteiger partial charge in [0.2, 0.25) is 5.91 Å². The van der Waals surface area contributed by atoms with Crippen LogP contribution in [0.2, 0.25) is 0 Å². The second-order valence-electron chi connectivity index (χ2n) is 4.41. The second kappa shape index (κ2) is 5.36. The second-order valence-corrected chi connectivity index (χ2v) is 5.65. The zero-order valence-corrected chi connectivity index (χ0v) is 11.8. The molecule has 1 heterocycles. The molecule has 0 saturated carbocycles. The van der Waals surface area contributed by atoms with Gasteiger partial charge in [0.15, 0.2) is 0 Å². The van der Waals surface area contributed by atoms with Crippen LogP contribution in [0.1, 0.15) is 22.9 Å². The first-order chi connectivity index (χ1) is 8.58. The molecule has 1 aromatic heterocycles. The van der Waals surface area contributed by atoms with E-state index in [-0.39, 0.29) is 5.91 Å². The van der Waals surface area contributed by atoms with E-state index in [1.165, 1.54) is 10.4 Å². The number of anilines is 1. The van der Waals surface area contributed by atoms with E-state index < -0.39 is 0 Å².